The maximum absolute atomic E-state index is 13.1. The molecule has 0 unspecified atom stereocenters. The molecular formula is C29H31N5O2. The van der Waals surface area contributed by atoms with Gasteiger partial charge in [-0.1, -0.05) is 24.3 Å². The number of anilines is 1. The van der Waals surface area contributed by atoms with Crippen molar-refractivity contribution in [1.29, 1.82) is 5.26 Å². The molecule has 0 bridgehead atoms. The number of carbonyl (C=O) groups excluding carboxylic acids is 1. The Morgan fingerprint density at radius 2 is 1.78 bits per heavy atom. The highest BCUT2D eigenvalue weighted by Crippen LogP contribution is 2.29. The number of amides is 1. The molecule has 0 aliphatic carbocycles. The molecule has 5 rings (SSSR count). The van der Waals surface area contributed by atoms with E-state index in [1.54, 1.807) is 18.3 Å². The minimum Gasteiger partial charge on any atom is -0.485 e. The smallest absolute Gasteiger partial charge is 0.253 e. The maximum Gasteiger partial charge on any atom is 0.253 e. The van der Waals surface area contributed by atoms with Crippen molar-refractivity contribution in [2.45, 2.75) is 38.3 Å². The van der Waals surface area contributed by atoms with Crippen molar-refractivity contribution in [3.63, 3.8) is 0 Å². The van der Waals surface area contributed by atoms with Gasteiger partial charge in [-0.3, -0.25) is 4.79 Å². The number of nitrogens with zero attached hydrogens (tertiary/aromatic N) is 4. The molecule has 2 aliphatic rings. The number of carbonyl (C=O) groups is 1. The van der Waals surface area contributed by atoms with E-state index in [9.17, 15) is 4.79 Å². The van der Waals surface area contributed by atoms with E-state index in [2.05, 4.69) is 16.0 Å². The van der Waals surface area contributed by atoms with Crippen LogP contribution in [0.4, 0.5) is 5.82 Å². The number of piperidine rings is 1. The Morgan fingerprint density at radius 3 is 2.50 bits per heavy atom. The molecule has 36 heavy (non-hydrogen) atoms. The first-order chi connectivity index (χ1) is 17.6. The Hall–Kier alpha value is -3.89. The number of benzene rings is 2. The van der Waals surface area contributed by atoms with Crippen LogP contribution in [0.2, 0.25) is 0 Å². The number of likely N-dealkylation sites (tertiary alicyclic amines) is 2. The third kappa shape index (κ3) is 5.34. The second-order valence-corrected chi connectivity index (χ2v) is 9.55. The lowest BCUT2D eigenvalue weighted by Crippen LogP contribution is -2.45. The lowest BCUT2D eigenvalue weighted by atomic mass is 10.0. The Morgan fingerprint density at radius 1 is 1.03 bits per heavy atom. The summed E-state index contributed by atoms with van der Waals surface area (Å²) in [5, 5.41) is 9.09. The Balaban J connectivity index is 1.22. The van der Waals surface area contributed by atoms with Crippen LogP contribution < -0.4 is 10.5 Å². The molecule has 2 saturated heterocycles. The summed E-state index contributed by atoms with van der Waals surface area (Å²) in [6.45, 7) is 4.35. The molecule has 3 heterocycles. The molecule has 7 nitrogen and oxygen atoms in total. The molecule has 2 fully saturated rings. The van der Waals surface area contributed by atoms with Gasteiger partial charge in [0.15, 0.2) is 11.6 Å². The summed E-state index contributed by atoms with van der Waals surface area (Å²) in [4.78, 5) is 22.0. The molecule has 7 heteroatoms. The number of aromatic nitrogens is 1. The van der Waals surface area contributed by atoms with Gasteiger partial charge in [-0.2, -0.15) is 5.26 Å². The summed E-state index contributed by atoms with van der Waals surface area (Å²) in [6, 6.07) is 19.5. The fourth-order valence-electron chi connectivity index (χ4n) is 5.15. The number of ether oxygens (including phenoxy) is 1. The zero-order chi connectivity index (χ0) is 24.9. The third-order valence-electron chi connectivity index (χ3n) is 7.21. The van der Waals surface area contributed by atoms with Crippen LogP contribution in [0, 0.1) is 11.3 Å². The van der Waals surface area contributed by atoms with Crippen LogP contribution in [-0.4, -0.2) is 52.9 Å². The van der Waals surface area contributed by atoms with Crippen LogP contribution in [-0.2, 0) is 6.61 Å². The Kier molecular flexibility index (Phi) is 7.15. The maximum atomic E-state index is 13.1. The van der Waals surface area contributed by atoms with Crippen LogP contribution in [0.15, 0.2) is 60.8 Å². The molecule has 0 atom stereocenters. The van der Waals surface area contributed by atoms with E-state index in [-0.39, 0.29) is 12.5 Å². The summed E-state index contributed by atoms with van der Waals surface area (Å²) in [5.74, 6) is 0.885. The molecule has 2 N–H and O–H groups in total. The average Bonchev–Trinajstić information content (AvgIpc) is 3.48. The van der Waals surface area contributed by atoms with Gasteiger partial charge < -0.3 is 20.3 Å². The largest absolute Gasteiger partial charge is 0.485 e. The van der Waals surface area contributed by atoms with Gasteiger partial charge in [0.2, 0.25) is 0 Å². The highest BCUT2D eigenvalue weighted by atomic mass is 16.5. The van der Waals surface area contributed by atoms with Crippen LogP contribution >= 0.6 is 0 Å². The van der Waals surface area contributed by atoms with Crippen LogP contribution in [0.25, 0.3) is 11.1 Å². The number of nitrogen functional groups attached to an aromatic ring is 1. The van der Waals surface area contributed by atoms with Crippen molar-refractivity contribution in [2.24, 2.45) is 0 Å². The van der Waals surface area contributed by atoms with E-state index in [0.717, 1.165) is 42.6 Å². The van der Waals surface area contributed by atoms with Gasteiger partial charge in [0, 0.05) is 36.5 Å². The Labute approximate surface area is 212 Å². The standard InChI is InChI=1S/C29H31N5O2/c30-18-21-4-3-5-22(16-21)20-36-27-17-25(19-32-28(27)31)23-6-8-24(9-7-23)29(35)34-14-10-26(11-15-34)33-12-1-2-13-33/h3-9,16-17,19,26H,1-2,10-15,20H2,(H2,31,32). The van der Waals surface area contributed by atoms with Crippen LogP contribution in [0.5, 0.6) is 5.75 Å². The molecule has 3 aromatic rings. The van der Waals surface area contributed by atoms with E-state index in [4.69, 9.17) is 15.7 Å². The molecule has 1 aromatic heterocycles. The fraction of sp³-hybridized carbons (Fsp3) is 0.345. The molecule has 2 aromatic carbocycles. The third-order valence-corrected chi connectivity index (χ3v) is 7.21. The molecule has 2 aliphatic heterocycles. The predicted molar refractivity (Wildman–Crippen MR) is 139 cm³/mol. The zero-order valence-electron chi connectivity index (χ0n) is 20.4. The number of nitriles is 1. The first-order valence-corrected chi connectivity index (χ1v) is 12.6. The van der Waals surface area contributed by atoms with E-state index in [0.29, 0.717) is 28.7 Å². The van der Waals surface area contributed by atoms with E-state index in [1.165, 1.54) is 25.9 Å². The number of nitrogens with two attached hydrogens (primary N) is 1. The van der Waals surface area contributed by atoms with Gasteiger partial charge in [-0.15, -0.1) is 0 Å². The lowest BCUT2D eigenvalue weighted by Gasteiger charge is -2.36. The number of hydrogen-bond acceptors (Lipinski definition) is 6. The Bertz CT molecular complexity index is 1250. The normalized spacial score (nSPS) is 16.6. The van der Waals surface area contributed by atoms with Gasteiger partial charge in [0.25, 0.3) is 5.91 Å². The van der Waals surface area contributed by atoms with E-state index >= 15 is 0 Å². The highest BCUT2D eigenvalue weighted by Gasteiger charge is 2.28. The van der Waals surface area contributed by atoms with Crippen molar-refractivity contribution in [3.8, 4) is 22.9 Å². The summed E-state index contributed by atoms with van der Waals surface area (Å²) in [5.41, 5.74) is 10.0. The SMILES string of the molecule is N#Cc1cccc(COc2cc(-c3ccc(C(=O)N4CCC(N5CCCC5)CC4)cc3)cnc2N)c1. The van der Waals surface area contributed by atoms with Crippen molar-refractivity contribution in [2.75, 3.05) is 31.9 Å². The van der Waals surface area contributed by atoms with Crippen molar-refractivity contribution in [1.82, 2.24) is 14.8 Å². The van der Waals surface area contributed by atoms with E-state index in [1.807, 2.05) is 47.4 Å². The molecule has 0 spiro atoms. The molecule has 0 radical (unpaired) electrons. The second-order valence-electron chi connectivity index (χ2n) is 9.55. The topological polar surface area (TPSA) is 95.5 Å². The monoisotopic (exact) mass is 481 g/mol. The minimum absolute atomic E-state index is 0.0977. The van der Waals surface area contributed by atoms with Crippen LogP contribution in [0.3, 0.4) is 0 Å². The summed E-state index contributed by atoms with van der Waals surface area (Å²) in [7, 11) is 0. The quantitative estimate of drug-likeness (QED) is 0.558. The zero-order valence-corrected chi connectivity index (χ0v) is 20.4. The fourth-order valence-corrected chi connectivity index (χ4v) is 5.15. The first-order valence-electron chi connectivity index (χ1n) is 12.6. The van der Waals surface area contributed by atoms with E-state index < -0.39 is 0 Å². The predicted octanol–water partition coefficient (Wildman–Crippen LogP) is 4.48. The highest BCUT2D eigenvalue weighted by molar-refractivity contribution is 5.94. The number of pyridine rings is 1. The minimum atomic E-state index is 0.0977. The van der Waals surface area contributed by atoms with Gasteiger partial charge in [0.05, 0.1) is 11.6 Å². The van der Waals surface area contributed by atoms with Crippen LogP contribution in [0.1, 0.15) is 47.2 Å². The molecule has 0 saturated carbocycles. The van der Waals surface area contributed by atoms with Crippen molar-refractivity contribution in [3.05, 3.63) is 77.5 Å². The van der Waals surface area contributed by atoms with Gasteiger partial charge in [0.1, 0.15) is 6.61 Å². The summed E-state index contributed by atoms with van der Waals surface area (Å²) < 4.78 is 5.91. The average molecular weight is 482 g/mol. The molecule has 184 valence electrons. The lowest BCUT2D eigenvalue weighted by molar-refractivity contribution is 0.0644. The summed E-state index contributed by atoms with van der Waals surface area (Å²) >= 11 is 0. The first kappa shape index (κ1) is 23.8. The van der Waals surface area contributed by atoms with Crippen molar-refractivity contribution < 1.29 is 9.53 Å². The second kappa shape index (κ2) is 10.8. The van der Waals surface area contributed by atoms with Crippen molar-refractivity contribution >= 4 is 11.7 Å². The molecule has 1 amide bonds. The number of hydrogen-bond donors (Lipinski definition) is 1. The van der Waals surface area contributed by atoms with Gasteiger partial charge in [-0.25, -0.2) is 4.98 Å². The molecular weight excluding hydrogens is 450 g/mol. The van der Waals surface area contributed by atoms with Gasteiger partial charge >= 0.3 is 0 Å². The van der Waals surface area contributed by atoms with Gasteiger partial charge in [-0.05, 0) is 80.2 Å². The number of rotatable bonds is 6. The summed E-state index contributed by atoms with van der Waals surface area (Å²) in [6.07, 6.45) is 6.44.